The fourth-order valence-corrected chi connectivity index (χ4v) is 7.44. The first kappa shape index (κ1) is 25.1. The summed E-state index contributed by atoms with van der Waals surface area (Å²) in [7, 11) is -1.20. The van der Waals surface area contributed by atoms with Crippen LogP contribution in [-0.2, 0) is 17.2 Å². The molecule has 1 saturated heterocycles. The van der Waals surface area contributed by atoms with Gasteiger partial charge in [-0.15, -0.1) is 0 Å². The first-order valence-corrected chi connectivity index (χ1v) is 14.6. The molecule has 2 aromatic heterocycles. The van der Waals surface area contributed by atoms with Gasteiger partial charge in [-0.25, -0.2) is 15.0 Å². The minimum Gasteiger partial charge on any atom is -0.394 e. The summed E-state index contributed by atoms with van der Waals surface area (Å²) in [4.78, 5) is 20.9. The average molecular weight is 553 g/mol. The maximum atomic E-state index is 13.1. The van der Waals surface area contributed by atoms with Crippen molar-refractivity contribution < 1.29 is 22.5 Å². The van der Waals surface area contributed by atoms with Gasteiger partial charge in [0.15, 0.2) is 5.82 Å². The summed E-state index contributed by atoms with van der Waals surface area (Å²) >= 11 is -0.224. The van der Waals surface area contributed by atoms with E-state index in [2.05, 4.69) is 20.2 Å². The quantitative estimate of drug-likeness (QED) is 0.513. The Hall–Kier alpha value is -2.25. The largest absolute Gasteiger partial charge is 0.446 e. The number of rotatable bonds is 6. The second kappa shape index (κ2) is 9.49. The number of aliphatic hydroxyl groups is 1. The summed E-state index contributed by atoms with van der Waals surface area (Å²) in [5, 5.41) is 13.5. The van der Waals surface area contributed by atoms with Gasteiger partial charge in [-0.2, -0.15) is 18.2 Å². The van der Waals surface area contributed by atoms with E-state index in [1.165, 1.54) is 12.4 Å². The topological polar surface area (TPSA) is 104 Å². The zero-order valence-electron chi connectivity index (χ0n) is 20.0. The molecule has 2 fully saturated rings. The summed E-state index contributed by atoms with van der Waals surface area (Å²) in [6.45, 7) is -0.00489. The molecule has 2 N–H and O–H groups in total. The Balaban J connectivity index is 1.28. The van der Waals surface area contributed by atoms with Crippen LogP contribution in [0.4, 0.5) is 24.9 Å². The number of alkyl halides is 3. The maximum absolute atomic E-state index is 13.1. The average Bonchev–Trinajstić information content (AvgIpc) is 3.02. The van der Waals surface area contributed by atoms with Gasteiger partial charge >= 0.3 is 5.51 Å². The SMILES string of the molecule is O=S1CCCCc2nc(N3C4C=C(c5ncc(SC(F)(F)F)cn5)CC3C4)nc(NC3(CO)CCC3)c21. The van der Waals surface area contributed by atoms with Crippen LogP contribution in [0.1, 0.15) is 56.5 Å². The zero-order chi connectivity index (χ0) is 25.8. The molecular weight excluding hydrogens is 525 g/mol. The van der Waals surface area contributed by atoms with Crippen LogP contribution in [0.5, 0.6) is 0 Å². The van der Waals surface area contributed by atoms with Crippen LogP contribution in [0.25, 0.3) is 5.57 Å². The summed E-state index contributed by atoms with van der Waals surface area (Å²) in [6.07, 6.45) is 11.2. The summed E-state index contributed by atoms with van der Waals surface area (Å²) < 4.78 is 50.9. The van der Waals surface area contributed by atoms with E-state index in [0.717, 1.165) is 56.2 Å². The number of anilines is 2. The Labute approximate surface area is 219 Å². The fourth-order valence-electron chi connectivity index (χ4n) is 5.57. The highest BCUT2D eigenvalue weighted by Gasteiger charge is 2.45. The van der Waals surface area contributed by atoms with Crippen molar-refractivity contribution in [2.24, 2.45) is 0 Å². The monoisotopic (exact) mass is 552 g/mol. The highest BCUT2D eigenvalue weighted by molar-refractivity contribution is 8.00. The van der Waals surface area contributed by atoms with E-state index in [-0.39, 0.29) is 35.3 Å². The van der Waals surface area contributed by atoms with Crippen molar-refractivity contribution >= 4 is 39.9 Å². The van der Waals surface area contributed by atoms with Crippen LogP contribution >= 0.6 is 11.8 Å². The van der Waals surface area contributed by atoms with Crippen molar-refractivity contribution in [3.63, 3.8) is 0 Å². The molecule has 3 atom stereocenters. The van der Waals surface area contributed by atoms with Crippen molar-refractivity contribution in [3.05, 3.63) is 30.0 Å². The zero-order valence-corrected chi connectivity index (χ0v) is 21.6. The van der Waals surface area contributed by atoms with Crippen molar-refractivity contribution in [1.29, 1.82) is 0 Å². The molecule has 0 aromatic carbocycles. The molecule has 5 aliphatic rings. The number of nitrogens with one attached hydrogen (secondary N) is 1. The van der Waals surface area contributed by atoms with Gasteiger partial charge in [0.2, 0.25) is 5.95 Å². The number of halogens is 3. The molecule has 13 heteroatoms. The van der Waals surface area contributed by atoms with Gasteiger partial charge in [-0.3, -0.25) is 4.21 Å². The van der Waals surface area contributed by atoms with Crippen LogP contribution in [0.3, 0.4) is 0 Å². The molecule has 2 bridgehead atoms. The molecule has 5 heterocycles. The van der Waals surface area contributed by atoms with Crippen LogP contribution in [0.15, 0.2) is 28.3 Å². The molecule has 1 saturated carbocycles. The highest BCUT2D eigenvalue weighted by atomic mass is 32.2. The predicted octanol–water partition coefficient (Wildman–Crippen LogP) is 4.08. The summed E-state index contributed by atoms with van der Waals surface area (Å²) in [5.74, 6) is 2.18. The third-order valence-corrected chi connectivity index (χ3v) is 9.86. The third kappa shape index (κ3) is 4.85. The molecule has 37 heavy (non-hydrogen) atoms. The van der Waals surface area contributed by atoms with E-state index in [1.54, 1.807) is 0 Å². The van der Waals surface area contributed by atoms with Crippen molar-refractivity contribution in [3.8, 4) is 0 Å². The second-order valence-corrected chi connectivity index (χ2v) is 12.8. The van der Waals surface area contributed by atoms with Gasteiger partial charge in [-0.1, -0.05) is 6.08 Å². The lowest BCUT2D eigenvalue weighted by Gasteiger charge is -2.51. The van der Waals surface area contributed by atoms with E-state index in [0.29, 0.717) is 34.7 Å². The van der Waals surface area contributed by atoms with Gasteiger partial charge < -0.3 is 15.3 Å². The van der Waals surface area contributed by atoms with E-state index < -0.39 is 21.8 Å². The normalized spacial score (nSPS) is 26.3. The standard InChI is InChI=1S/C24H27F3N6O2S2/c25-24(26,27)36-17-11-28-20(29-12-17)14-8-15-10-16(9-14)33(15)22-30-18-4-1-2-7-37(35)19(18)21(31-22)32-23(13-34)5-3-6-23/h8,11-12,15-16,34H,1-7,9-10,13H2,(H,30,31,32). The third-order valence-electron chi connectivity index (χ3n) is 7.64. The Morgan fingerprint density at radius 2 is 1.97 bits per heavy atom. The number of aryl methyl sites for hydroxylation is 1. The number of fused-ring (bicyclic) bond motifs is 2. The van der Waals surface area contributed by atoms with Gasteiger partial charge in [0.05, 0.1) is 39.6 Å². The van der Waals surface area contributed by atoms with Crippen molar-refractivity contribution in [2.45, 2.75) is 84.3 Å². The number of aromatic nitrogens is 4. The van der Waals surface area contributed by atoms with Gasteiger partial charge in [-0.05, 0) is 68.7 Å². The number of hydrogen-bond donors (Lipinski definition) is 2. The first-order valence-electron chi connectivity index (χ1n) is 12.5. The van der Waals surface area contributed by atoms with E-state index in [1.807, 2.05) is 6.08 Å². The minimum absolute atomic E-state index is 0.00489. The lowest BCUT2D eigenvalue weighted by molar-refractivity contribution is -0.0328. The molecule has 3 unspecified atom stereocenters. The molecule has 0 amide bonds. The molecule has 0 spiro atoms. The minimum atomic E-state index is -4.37. The molecule has 8 nitrogen and oxygen atoms in total. The van der Waals surface area contributed by atoms with Gasteiger partial charge in [0, 0.05) is 24.2 Å². The predicted molar refractivity (Wildman–Crippen MR) is 135 cm³/mol. The molecule has 7 rings (SSSR count). The number of hydrogen-bond acceptors (Lipinski definition) is 9. The van der Waals surface area contributed by atoms with Crippen LogP contribution in [0, 0.1) is 0 Å². The molecular formula is C24H27F3N6O2S2. The summed E-state index contributed by atoms with van der Waals surface area (Å²) in [5.41, 5.74) is -3.09. The van der Waals surface area contributed by atoms with Gasteiger partial charge in [0.1, 0.15) is 10.7 Å². The second-order valence-electron chi connectivity index (χ2n) is 10.1. The first-order chi connectivity index (χ1) is 17.7. The van der Waals surface area contributed by atoms with Crippen LogP contribution in [-0.4, -0.2) is 64.7 Å². The number of nitrogens with zero attached hydrogens (tertiary/aromatic N) is 5. The van der Waals surface area contributed by atoms with Crippen molar-refractivity contribution in [2.75, 3.05) is 22.6 Å². The van der Waals surface area contributed by atoms with E-state index in [4.69, 9.17) is 9.97 Å². The summed E-state index contributed by atoms with van der Waals surface area (Å²) in [6, 6.07) is 0.148. The Kier molecular flexibility index (Phi) is 6.43. The van der Waals surface area contributed by atoms with Crippen LogP contribution in [0.2, 0.25) is 0 Å². The Morgan fingerprint density at radius 3 is 2.59 bits per heavy atom. The van der Waals surface area contributed by atoms with Gasteiger partial charge in [0.25, 0.3) is 0 Å². The smallest absolute Gasteiger partial charge is 0.394 e. The van der Waals surface area contributed by atoms with E-state index >= 15 is 0 Å². The fraction of sp³-hybridized carbons (Fsp3) is 0.583. The lowest BCUT2D eigenvalue weighted by Crippen LogP contribution is -2.58. The Morgan fingerprint density at radius 1 is 1.19 bits per heavy atom. The molecule has 3 aliphatic heterocycles. The molecule has 2 aliphatic carbocycles. The number of aliphatic hydroxyl groups excluding tert-OH is 1. The number of thioether (sulfide) groups is 1. The molecule has 2 aromatic rings. The Bertz CT molecular complexity index is 1250. The van der Waals surface area contributed by atoms with E-state index in [9.17, 15) is 22.5 Å². The molecule has 198 valence electrons. The lowest BCUT2D eigenvalue weighted by atomic mass is 9.77. The van der Waals surface area contributed by atoms with Crippen molar-refractivity contribution in [1.82, 2.24) is 19.9 Å². The highest BCUT2D eigenvalue weighted by Crippen LogP contribution is 2.44. The molecule has 0 radical (unpaired) electrons. The maximum Gasteiger partial charge on any atom is 0.446 e. The van der Waals surface area contributed by atoms with Crippen LogP contribution < -0.4 is 10.2 Å².